The Bertz CT molecular complexity index is 587. The molecule has 0 radical (unpaired) electrons. The highest BCUT2D eigenvalue weighted by atomic mass is 32.1. The van der Waals surface area contributed by atoms with Crippen LogP contribution in [0.1, 0.15) is 34.9 Å². The van der Waals surface area contributed by atoms with Crippen LogP contribution in [-0.4, -0.2) is 4.98 Å². The molecular formula is C14H15FN2S. The van der Waals surface area contributed by atoms with Crippen LogP contribution in [-0.2, 0) is 6.54 Å². The van der Waals surface area contributed by atoms with Crippen molar-refractivity contribution in [3.8, 4) is 10.6 Å². The number of nitrogens with zero attached hydrogens (tertiary/aromatic N) is 1. The summed E-state index contributed by atoms with van der Waals surface area (Å²) in [6.07, 6.45) is 2.37. The summed E-state index contributed by atoms with van der Waals surface area (Å²) in [7, 11) is 0. The van der Waals surface area contributed by atoms with Crippen LogP contribution in [0.4, 0.5) is 4.39 Å². The second kappa shape index (κ2) is 4.44. The van der Waals surface area contributed by atoms with Gasteiger partial charge in [0.1, 0.15) is 10.8 Å². The second-order valence-corrected chi connectivity index (χ2v) is 5.87. The molecule has 4 heteroatoms. The zero-order chi connectivity index (χ0) is 12.7. The molecule has 0 aliphatic heterocycles. The lowest BCUT2D eigenvalue weighted by Crippen LogP contribution is -1.96. The quantitative estimate of drug-likeness (QED) is 0.918. The Morgan fingerprint density at radius 3 is 2.83 bits per heavy atom. The van der Waals surface area contributed by atoms with Gasteiger partial charge in [0.05, 0.1) is 5.69 Å². The molecule has 2 N–H and O–H groups in total. The van der Waals surface area contributed by atoms with Gasteiger partial charge in [-0.15, -0.1) is 11.3 Å². The van der Waals surface area contributed by atoms with Crippen molar-refractivity contribution in [1.82, 2.24) is 4.98 Å². The summed E-state index contributed by atoms with van der Waals surface area (Å²) in [5, 5.41) is 0.759. The average Bonchev–Trinajstić information content (AvgIpc) is 3.10. The summed E-state index contributed by atoms with van der Waals surface area (Å²) in [4.78, 5) is 5.71. The number of aromatic nitrogens is 1. The molecule has 1 aromatic heterocycles. The minimum absolute atomic E-state index is 0.199. The van der Waals surface area contributed by atoms with Crippen LogP contribution < -0.4 is 5.73 Å². The van der Waals surface area contributed by atoms with E-state index >= 15 is 0 Å². The van der Waals surface area contributed by atoms with Crippen molar-refractivity contribution in [3.05, 3.63) is 40.2 Å². The van der Waals surface area contributed by atoms with E-state index in [1.54, 1.807) is 12.1 Å². The minimum atomic E-state index is -0.199. The molecule has 0 spiro atoms. The predicted molar refractivity (Wildman–Crippen MR) is 72.1 cm³/mol. The Morgan fingerprint density at radius 2 is 2.22 bits per heavy atom. The van der Waals surface area contributed by atoms with Crippen molar-refractivity contribution in [2.75, 3.05) is 0 Å². The van der Waals surface area contributed by atoms with Gasteiger partial charge in [-0.3, -0.25) is 0 Å². The van der Waals surface area contributed by atoms with Crippen LogP contribution in [0.25, 0.3) is 10.6 Å². The van der Waals surface area contributed by atoms with Gasteiger partial charge < -0.3 is 5.73 Å². The zero-order valence-corrected chi connectivity index (χ0v) is 11.1. The van der Waals surface area contributed by atoms with E-state index in [2.05, 4.69) is 4.98 Å². The molecule has 1 aliphatic carbocycles. The van der Waals surface area contributed by atoms with E-state index in [1.807, 2.05) is 13.0 Å². The molecule has 3 rings (SSSR count). The number of nitrogens with two attached hydrogens (primary N) is 1. The van der Waals surface area contributed by atoms with Crippen LogP contribution in [0.15, 0.2) is 18.2 Å². The zero-order valence-electron chi connectivity index (χ0n) is 10.2. The summed E-state index contributed by atoms with van der Waals surface area (Å²) in [5.74, 6) is 0.358. The average molecular weight is 262 g/mol. The topological polar surface area (TPSA) is 38.9 Å². The predicted octanol–water partition coefficient (Wildman–Crippen LogP) is 3.59. The molecule has 0 unspecified atom stereocenters. The van der Waals surface area contributed by atoms with Crippen LogP contribution in [0.3, 0.4) is 0 Å². The first-order chi connectivity index (χ1) is 8.69. The van der Waals surface area contributed by atoms with E-state index in [-0.39, 0.29) is 5.82 Å². The van der Waals surface area contributed by atoms with E-state index < -0.39 is 0 Å². The van der Waals surface area contributed by atoms with Gasteiger partial charge in [0.15, 0.2) is 0 Å². The van der Waals surface area contributed by atoms with Crippen molar-refractivity contribution in [1.29, 1.82) is 0 Å². The molecule has 94 valence electrons. The van der Waals surface area contributed by atoms with Crippen LogP contribution in [0, 0.1) is 12.7 Å². The molecule has 0 atom stereocenters. The van der Waals surface area contributed by atoms with E-state index in [9.17, 15) is 4.39 Å². The molecule has 1 aliphatic rings. The molecule has 0 saturated heterocycles. The van der Waals surface area contributed by atoms with Crippen molar-refractivity contribution in [3.63, 3.8) is 0 Å². The molecule has 0 bridgehead atoms. The monoisotopic (exact) mass is 262 g/mol. The summed E-state index contributed by atoms with van der Waals surface area (Å²) >= 11 is 1.52. The van der Waals surface area contributed by atoms with Crippen LogP contribution >= 0.6 is 11.3 Å². The first-order valence-electron chi connectivity index (χ1n) is 6.15. The maximum absolute atomic E-state index is 13.9. The van der Waals surface area contributed by atoms with E-state index in [0.29, 0.717) is 18.0 Å². The third-order valence-corrected chi connectivity index (χ3v) is 4.36. The van der Waals surface area contributed by atoms with Gasteiger partial charge in [-0.25, -0.2) is 9.37 Å². The van der Waals surface area contributed by atoms with Crippen molar-refractivity contribution in [2.45, 2.75) is 32.2 Å². The van der Waals surface area contributed by atoms with Crippen molar-refractivity contribution in [2.24, 2.45) is 5.73 Å². The standard InChI is InChI=1S/C14H15FN2S/c1-8-2-5-10(11(15)6-8)14-17-13(9-3-4-9)12(7-16)18-14/h2,5-6,9H,3-4,7,16H2,1H3. The van der Waals surface area contributed by atoms with Gasteiger partial charge >= 0.3 is 0 Å². The normalized spacial score (nSPS) is 15.1. The first-order valence-corrected chi connectivity index (χ1v) is 6.97. The number of thiazole rings is 1. The lowest BCUT2D eigenvalue weighted by molar-refractivity contribution is 0.630. The molecule has 1 heterocycles. The van der Waals surface area contributed by atoms with Crippen LogP contribution in [0.5, 0.6) is 0 Å². The summed E-state index contributed by atoms with van der Waals surface area (Å²) in [6, 6.07) is 5.27. The molecule has 1 saturated carbocycles. The minimum Gasteiger partial charge on any atom is -0.326 e. The van der Waals surface area contributed by atoms with E-state index in [4.69, 9.17) is 5.73 Å². The maximum Gasteiger partial charge on any atom is 0.133 e. The summed E-state index contributed by atoms with van der Waals surface area (Å²) in [6.45, 7) is 2.38. The molecule has 0 amide bonds. The van der Waals surface area contributed by atoms with Crippen molar-refractivity contribution < 1.29 is 4.39 Å². The Morgan fingerprint density at radius 1 is 1.44 bits per heavy atom. The highest BCUT2D eigenvalue weighted by molar-refractivity contribution is 7.15. The Kier molecular flexibility index (Phi) is 2.92. The van der Waals surface area contributed by atoms with Gasteiger partial charge in [0.25, 0.3) is 0 Å². The largest absolute Gasteiger partial charge is 0.326 e. The fourth-order valence-corrected chi connectivity index (χ4v) is 3.15. The van der Waals surface area contributed by atoms with Crippen molar-refractivity contribution >= 4 is 11.3 Å². The molecule has 2 nitrogen and oxygen atoms in total. The SMILES string of the molecule is Cc1ccc(-c2nc(C3CC3)c(CN)s2)c(F)c1. The lowest BCUT2D eigenvalue weighted by atomic mass is 10.1. The summed E-state index contributed by atoms with van der Waals surface area (Å²) in [5.41, 5.74) is 8.36. The Balaban J connectivity index is 2.05. The lowest BCUT2D eigenvalue weighted by Gasteiger charge is -1.99. The maximum atomic E-state index is 13.9. The highest BCUT2D eigenvalue weighted by Crippen LogP contribution is 2.44. The number of hydrogen-bond acceptors (Lipinski definition) is 3. The Hall–Kier alpha value is -1.26. The molecular weight excluding hydrogens is 247 g/mol. The van der Waals surface area contributed by atoms with E-state index in [1.165, 1.54) is 24.2 Å². The number of aryl methyl sites for hydroxylation is 1. The third-order valence-electron chi connectivity index (χ3n) is 3.23. The highest BCUT2D eigenvalue weighted by Gasteiger charge is 2.29. The smallest absolute Gasteiger partial charge is 0.133 e. The molecule has 1 aromatic carbocycles. The molecule has 2 aromatic rings. The van der Waals surface area contributed by atoms with Gasteiger partial charge in [-0.05, 0) is 37.5 Å². The number of hydrogen-bond donors (Lipinski definition) is 1. The number of rotatable bonds is 3. The first kappa shape index (κ1) is 11.8. The van der Waals surface area contributed by atoms with Gasteiger partial charge in [-0.1, -0.05) is 6.07 Å². The Labute approximate surface area is 110 Å². The van der Waals surface area contributed by atoms with Crippen LogP contribution in [0.2, 0.25) is 0 Å². The number of benzene rings is 1. The summed E-state index contributed by atoms with van der Waals surface area (Å²) < 4.78 is 13.9. The fourth-order valence-electron chi connectivity index (χ4n) is 2.09. The third kappa shape index (κ3) is 2.06. The second-order valence-electron chi connectivity index (χ2n) is 4.79. The molecule has 1 fully saturated rings. The van der Waals surface area contributed by atoms with Gasteiger partial charge in [-0.2, -0.15) is 0 Å². The molecule has 18 heavy (non-hydrogen) atoms. The van der Waals surface area contributed by atoms with E-state index in [0.717, 1.165) is 21.1 Å². The fraction of sp³-hybridized carbons (Fsp3) is 0.357. The van der Waals surface area contributed by atoms with Gasteiger partial charge in [0.2, 0.25) is 0 Å². The van der Waals surface area contributed by atoms with Gasteiger partial charge in [0, 0.05) is 22.9 Å². The number of halogens is 1.